The first-order chi connectivity index (χ1) is 11.5. The van der Waals surface area contributed by atoms with Crippen LogP contribution in [0.5, 0.6) is 0 Å². The third-order valence-corrected chi connectivity index (χ3v) is 3.77. The molecule has 0 radical (unpaired) electrons. The van der Waals surface area contributed by atoms with Crippen LogP contribution in [0.3, 0.4) is 0 Å². The maximum Gasteiger partial charge on any atom is 0.328 e. The van der Waals surface area contributed by atoms with E-state index in [4.69, 9.17) is 14.9 Å². The number of rotatable bonds is 7. The molecule has 7 heteroatoms. The Labute approximate surface area is 150 Å². The van der Waals surface area contributed by atoms with Crippen LogP contribution < -0.4 is 5.32 Å². The lowest BCUT2D eigenvalue weighted by molar-refractivity contribution is -0.134. The largest absolute Gasteiger partial charge is 0.478 e. The van der Waals surface area contributed by atoms with E-state index in [0.717, 1.165) is 6.42 Å². The molecule has 3 unspecified atom stereocenters. The average Bonchev–Trinajstić information content (AvgIpc) is 2.50. The molecule has 0 saturated heterocycles. The minimum absolute atomic E-state index is 0.0547. The van der Waals surface area contributed by atoms with Crippen LogP contribution in [-0.2, 0) is 14.3 Å². The highest BCUT2D eigenvalue weighted by molar-refractivity contribution is 5.89. The van der Waals surface area contributed by atoms with Crippen molar-refractivity contribution >= 4 is 11.9 Å². The molecule has 0 spiro atoms. The van der Waals surface area contributed by atoms with Gasteiger partial charge in [0.05, 0.1) is 18.8 Å². The quantitative estimate of drug-likeness (QED) is 0.514. The molecule has 0 bridgehead atoms. The number of carbonyl (C=O) groups is 2. The van der Waals surface area contributed by atoms with Gasteiger partial charge in [-0.15, -0.1) is 0 Å². The van der Waals surface area contributed by atoms with E-state index >= 15 is 0 Å². The molecule has 1 saturated carbocycles. The van der Waals surface area contributed by atoms with Gasteiger partial charge in [0, 0.05) is 24.2 Å². The highest BCUT2D eigenvalue weighted by Crippen LogP contribution is 2.26. The molecule has 3 atom stereocenters. The number of ether oxygens (including phenoxy) is 1. The van der Waals surface area contributed by atoms with Crippen molar-refractivity contribution in [2.24, 2.45) is 5.92 Å². The van der Waals surface area contributed by atoms with Crippen LogP contribution in [0.4, 0.5) is 0 Å². The van der Waals surface area contributed by atoms with Gasteiger partial charge in [-0.2, -0.15) is 0 Å². The highest BCUT2D eigenvalue weighted by Gasteiger charge is 2.22. The minimum Gasteiger partial charge on any atom is -0.478 e. The van der Waals surface area contributed by atoms with Gasteiger partial charge in [0.1, 0.15) is 0 Å². The molecule has 7 nitrogen and oxygen atoms in total. The predicted molar refractivity (Wildman–Crippen MR) is 95.5 cm³/mol. The van der Waals surface area contributed by atoms with Crippen LogP contribution >= 0.6 is 0 Å². The van der Waals surface area contributed by atoms with Crippen molar-refractivity contribution in [2.75, 3.05) is 13.2 Å². The van der Waals surface area contributed by atoms with E-state index in [2.05, 4.69) is 33.0 Å². The summed E-state index contributed by atoms with van der Waals surface area (Å²) in [5.74, 6) is -1.87. The molecule has 1 fully saturated rings. The lowest BCUT2D eigenvalue weighted by atomic mass is 9.88. The highest BCUT2D eigenvalue weighted by atomic mass is 16.5. The lowest BCUT2D eigenvalue weighted by Crippen LogP contribution is -2.42. The molecule has 0 aromatic carbocycles. The fraction of sp³-hybridized carbons (Fsp3) is 0.778. The van der Waals surface area contributed by atoms with E-state index in [1.54, 1.807) is 0 Å². The van der Waals surface area contributed by atoms with Crippen LogP contribution in [0.15, 0.2) is 12.2 Å². The molecule has 0 aliphatic heterocycles. The smallest absolute Gasteiger partial charge is 0.328 e. The zero-order chi connectivity index (χ0) is 19.5. The standard InChI is InChI=1S/C14H29NO2.C4H4O4/c1-11-7-5-6-8-13(11)17-10-12(16)9-15-14(2,3)4;5-3(6)1-2-4(7)8/h11-13,15-16H,5-10H2,1-4H3;1-2H,(H,5,6)(H,7,8)/b;2-1+. The molecular formula is C18H33NO6. The second-order valence-corrected chi connectivity index (χ2v) is 7.43. The first-order valence-electron chi connectivity index (χ1n) is 8.70. The normalized spacial score (nSPS) is 22.1. The molecule has 146 valence electrons. The Balaban J connectivity index is 0.000000609. The van der Waals surface area contributed by atoms with Crippen molar-refractivity contribution < 1.29 is 29.6 Å². The van der Waals surface area contributed by atoms with Crippen molar-refractivity contribution in [3.05, 3.63) is 12.2 Å². The monoisotopic (exact) mass is 359 g/mol. The Hall–Kier alpha value is -1.44. The van der Waals surface area contributed by atoms with Gasteiger partial charge in [-0.1, -0.05) is 19.8 Å². The van der Waals surface area contributed by atoms with Gasteiger partial charge in [-0.05, 0) is 39.5 Å². The number of nitrogens with one attached hydrogen (secondary N) is 1. The summed E-state index contributed by atoms with van der Waals surface area (Å²) in [4.78, 5) is 19.1. The van der Waals surface area contributed by atoms with E-state index in [1.165, 1.54) is 19.3 Å². The first-order valence-corrected chi connectivity index (χ1v) is 8.70. The van der Waals surface area contributed by atoms with Crippen LogP contribution in [0, 0.1) is 5.92 Å². The third-order valence-electron chi connectivity index (χ3n) is 3.77. The number of hydrogen-bond acceptors (Lipinski definition) is 5. The summed E-state index contributed by atoms with van der Waals surface area (Å²) in [7, 11) is 0. The summed E-state index contributed by atoms with van der Waals surface area (Å²) in [6.45, 7) is 9.61. The maximum atomic E-state index is 9.84. The SMILES string of the molecule is CC1CCCCC1OCC(O)CNC(C)(C)C.O=C(O)/C=C/C(=O)O. The van der Waals surface area contributed by atoms with Crippen LogP contribution in [0.2, 0.25) is 0 Å². The van der Waals surface area contributed by atoms with E-state index in [9.17, 15) is 14.7 Å². The molecule has 0 heterocycles. The number of carboxylic acids is 2. The van der Waals surface area contributed by atoms with Crippen molar-refractivity contribution in [1.82, 2.24) is 5.32 Å². The van der Waals surface area contributed by atoms with E-state index < -0.39 is 18.0 Å². The summed E-state index contributed by atoms with van der Waals surface area (Å²) in [5.41, 5.74) is 0.0547. The molecule has 1 aliphatic carbocycles. The van der Waals surface area contributed by atoms with Crippen LogP contribution in [0.25, 0.3) is 0 Å². The van der Waals surface area contributed by atoms with Gasteiger partial charge in [0.25, 0.3) is 0 Å². The van der Waals surface area contributed by atoms with E-state index in [-0.39, 0.29) is 5.54 Å². The number of aliphatic carboxylic acids is 2. The number of carboxylic acid groups (broad SMARTS) is 2. The number of hydrogen-bond donors (Lipinski definition) is 4. The zero-order valence-electron chi connectivity index (χ0n) is 15.7. The lowest BCUT2D eigenvalue weighted by Gasteiger charge is -2.30. The average molecular weight is 359 g/mol. The Morgan fingerprint density at radius 2 is 1.68 bits per heavy atom. The summed E-state index contributed by atoms with van der Waals surface area (Å²) < 4.78 is 5.83. The minimum atomic E-state index is -1.26. The maximum absolute atomic E-state index is 9.84. The van der Waals surface area contributed by atoms with Crippen molar-refractivity contribution in [2.45, 2.75) is 71.1 Å². The van der Waals surface area contributed by atoms with Crippen molar-refractivity contribution in [3.63, 3.8) is 0 Å². The van der Waals surface area contributed by atoms with E-state index in [0.29, 0.717) is 37.3 Å². The third kappa shape index (κ3) is 14.6. The first kappa shape index (κ1) is 23.6. The number of aliphatic hydroxyl groups excluding tert-OH is 1. The molecule has 25 heavy (non-hydrogen) atoms. The second-order valence-electron chi connectivity index (χ2n) is 7.43. The van der Waals surface area contributed by atoms with Gasteiger partial charge in [-0.25, -0.2) is 9.59 Å². The van der Waals surface area contributed by atoms with Crippen LogP contribution in [-0.4, -0.2) is 58.2 Å². The Bertz CT molecular complexity index is 414. The van der Waals surface area contributed by atoms with Gasteiger partial charge < -0.3 is 25.4 Å². The van der Waals surface area contributed by atoms with Gasteiger partial charge in [0.15, 0.2) is 0 Å². The predicted octanol–water partition coefficient (Wildman–Crippen LogP) is 2.04. The molecule has 0 aromatic rings. The second kappa shape index (κ2) is 12.0. The van der Waals surface area contributed by atoms with Gasteiger partial charge in [-0.3, -0.25) is 0 Å². The molecule has 1 rings (SSSR count). The molecule has 0 aromatic heterocycles. The number of β-amino-alcohol motifs (C(OH)–C–C–N with tert-alkyl or cyclic N) is 1. The van der Waals surface area contributed by atoms with Crippen LogP contribution in [0.1, 0.15) is 53.4 Å². The van der Waals surface area contributed by atoms with Crippen molar-refractivity contribution in [3.8, 4) is 0 Å². The Morgan fingerprint density at radius 1 is 1.16 bits per heavy atom. The molecular weight excluding hydrogens is 326 g/mol. The Kier molecular flexibility index (Phi) is 11.3. The van der Waals surface area contributed by atoms with Gasteiger partial charge >= 0.3 is 11.9 Å². The Morgan fingerprint density at radius 3 is 2.12 bits per heavy atom. The summed E-state index contributed by atoms with van der Waals surface area (Å²) in [5, 5.41) is 28.8. The molecule has 0 amide bonds. The number of aliphatic hydroxyl groups is 1. The zero-order valence-corrected chi connectivity index (χ0v) is 15.7. The molecule has 1 aliphatic rings. The summed E-state index contributed by atoms with van der Waals surface area (Å²) in [6.07, 6.45) is 6.09. The fourth-order valence-electron chi connectivity index (χ4n) is 2.39. The summed E-state index contributed by atoms with van der Waals surface area (Å²) >= 11 is 0. The fourth-order valence-corrected chi connectivity index (χ4v) is 2.39. The summed E-state index contributed by atoms with van der Waals surface area (Å²) in [6, 6.07) is 0. The van der Waals surface area contributed by atoms with Crippen molar-refractivity contribution in [1.29, 1.82) is 0 Å². The topological polar surface area (TPSA) is 116 Å². The van der Waals surface area contributed by atoms with Gasteiger partial charge in [0.2, 0.25) is 0 Å². The van der Waals surface area contributed by atoms with E-state index in [1.807, 2.05) is 0 Å². The molecule has 4 N–H and O–H groups in total.